The van der Waals surface area contributed by atoms with Crippen LogP contribution in [-0.2, 0) is 23.9 Å². The number of amides is 1. The number of unbranched alkanes of at least 4 members (excludes halogenated alkanes) is 6. The van der Waals surface area contributed by atoms with Crippen molar-refractivity contribution in [1.82, 2.24) is 5.32 Å². The van der Waals surface area contributed by atoms with Gasteiger partial charge in [0.2, 0.25) is 0 Å². The minimum absolute atomic E-state index is 0.262. The Morgan fingerprint density at radius 2 is 1.59 bits per heavy atom. The molecular weight excluding hydrogens is 346 g/mol. The Morgan fingerprint density at radius 3 is 2.15 bits per heavy atom. The van der Waals surface area contributed by atoms with Gasteiger partial charge in [-0.25, -0.2) is 4.79 Å². The van der Waals surface area contributed by atoms with Gasteiger partial charge < -0.3 is 14.8 Å². The Hall–Kier alpha value is -2.11. The van der Waals surface area contributed by atoms with Crippen molar-refractivity contribution in [2.75, 3.05) is 6.54 Å². The molecule has 6 heteroatoms. The number of carbonyl (C=O) groups excluding carboxylic acids is 3. The number of rotatable bonds is 14. The van der Waals surface area contributed by atoms with Crippen LogP contribution in [0.25, 0.3) is 0 Å². The minimum Gasteiger partial charge on any atom is -0.459 e. The van der Waals surface area contributed by atoms with Crippen molar-refractivity contribution in [2.24, 2.45) is 0 Å². The van der Waals surface area contributed by atoms with Crippen molar-refractivity contribution in [3.8, 4) is 0 Å². The van der Waals surface area contributed by atoms with Gasteiger partial charge in [-0.15, -0.1) is 6.58 Å². The van der Waals surface area contributed by atoms with Crippen molar-refractivity contribution >= 4 is 17.8 Å². The molecule has 0 aliphatic heterocycles. The molecule has 1 unspecified atom stereocenters. The fraction of sp³-hybridized carbons (Fsp3) is 0.667. The van der Waals surface area contributed by atoms with Crippen molar-refractivity contribution < 1.29 is 23.9 Å². The summed E-state index contributed by atoms with van der Waals surface area (Å²) in [6, 6.07) is 0. The first-order valence-electron chi connectivity index (χ1n) is 9.63. The number of esters is 2. The molecule has 0 aromatic carbocycles. The van der Waals surface area contributed by atoms with Gasteiger partial charge >= 0.3 is 11.9 Å². The normalized spacial score (nSPS) is 12.0. The molecule has 0 saturated heterocycles. The molecule has 0 saturated carbocycles. The molecule has 0 heterocycles. The zero-order valence-electron chi connectivity index (χ0n) is 17.1. The van der Waals surface area contributed by atoms with Crippen molar-refractivity contribution in [3.63, 3.8) is 0 Å². The van der Waals surface area contributed by atoms with Crippen LogP contribution in [0.1, 0.15) is 72.1 Å². The molecule has 0 spiro atoms. The predicted molar refractivity (Wildman–Crippen MR) is 106 cm³/mol. The summed E-state index contributed by atoms with van der Waals surface area (Å²) in [5.41, 5.74) is -0.623. The van der Waals surface area contributed by atoms with E-state index in [1.807, 2.05) is 6.08 Å². The molecule has 0 bridgehead atoms. The van der Waals surface area contributed by atoms with Crippen LogP contribution in [-0.4, -0.2) is 36.1 Å². The Morgan fingerprint density at radius 1 is 1.00 bits per heavy atom. The molecule has 0 aliphatic carbocycles. The maximum absolute atomic E-state index is 12.3. The van der Waals surface area contributed by atoms with Crippen LogP contribution in [0.3, 0.4) is 0 Å². The molecule has 0 radical (unpaired) electrons. The zero-order chi connectivity index (χ0) is 20.7. The first-order valence-corrected chi connectivity index (χ1v) is 9.63. The summed E-state index contributed by atoms with van der Waals surface area (Å²) < 4.78 is 10.3. The van der Waals surface area contributed by atoms with E-state index >= 15 is 0 Å². The highest BCUT2D eigenvalue weighted by molar-refractivity contribution is 5.89. The highest BCUT2D eigenvalue weighted by atomic mass is 16.6. The van der Waals surface area contributed by atoms with Gasteiger partial charge in [0.1, 0.15) is 12.1 Å². The highest BCUT2D eigenvalue weighted by Gasteiger charge is 2.23. The number of ether oxygens (including phenoxy) is 2. The van der Waals surface area contributed by atoms with E-state index in [-0.39, 0.29) is 6.54 Å². The predicted octanol–water partition coefficient (Wildman–Crippen LogP) is 3.85. The molecule has 0 rings (SSSR count). The Balaban J connectivity index is 4.31. The Kier molecular flexibility index (Phi) is 12.9. The summed E-state index contributed by atoms with van der Waals surface area (Å²) >= 11 is 0. The van der Waals surface area contributed by atoms with E-state index in [2.05, 4.69) is 18.5 Å². The number of allylic oxidation sites excluding steroid dienone is 1. The molecule has 0 fully saturated rings. The van der Waals surface area contributed by atoms with Gasteiger partial charge in [0, 0.05) is 6.08 Å². The van der Waals surface area contributed by atoms with Crippen LogP contribution >= 0.6 is 0 Å². The van der Waals surface area contributed by atoms with Gasteiger partial charge in [-0.1, -0.05) is 38.3 Å². The number of carbonyl (C=O) groups is 3. The van der Waals surface area contributed by atoms with Crippen LogP contribution in [0.4, 0.5) is 0 Å². The van der Waals surface area contributed by atoms with Gasteiger partial charge in [0.05, 0.1) is 0 Å². The second-order valence-electron chi connectivity index (χ2n) is 7.42. The van der Waals surface area contributed by atoms with Gasteiger partial charge in [-0.3, -0.25) is 9.59 Å². The topological polar surface area (TPSA) is 81.7 Å². The first kappa shape index (κ1) is 24.9. The lowest BCUT2D eigenvalue weighted by Gasteiger charge is -2.20. The van der Waals surface area contributed by atoms with Crippen LogP contribution in [0, 0.1) is 0 Å². The van der Waals surface area contributed by atoms with E-state index in [1.54, 1.807) is 20.8 Å². The quantitative estimate of drug-likeness (QED) is 0.214. The second kappa shape index (κ2) is 14.0. The van der Waals surface area contributed by atoms with Crippen LogP contribution in [0.5, 0.6) is 0 Å². The van der Waals surface area contributed by atoms with Crippen molar-refractivity contribution in [2.45, 2.75) is 83.8 Å². The van der Waals surface area contributed by atoms with Gasteiger partial charge in [0.25, 0.3) is 5.91 Å². The van der Waals surface area contributed by atoms with E-state index in [0.29, 0.717) is 6.42 Å². The maximum Gasteiger partial charge on any atom is 0.330 e. The van der Waals surface area contributed by atoms with E-state index in [4.69, 9.17) is 9.47 Å². The molecule has 0 aliphatic rings. The Bertz CT molecular complexity index is 493. The van der Waals surface area contributed by atoms with Gasteiger partial charge in [0.15, 0.2) is 6.10 Å². The molecule has 27 heavy (non-hydrogen) atoms. The van der Waals surface area contributed by atoms with E-state index < -0.39 is 29.6 Å². The molecular formula is C21H35NO5. The molecule has 0 aromatic rings. The van der Waals surface area contributed by atoms with E-state index in [0.717, 1.165) is 51.0 Å². The largest absolute Gasteiger partial charge is 0.459 e. The third-order valence-electron chi connectivity index (χ3n) is 3.67. The monoisotopic (exact) mass is 381 g/mol. The molecule has 1 amide bonds. The van der Waals surface area contributed by atoms with Crippen LogP contribution in [0.2, 0.25) is 0 Å². The number of nitrogens with one attached hydrogen (secondary N) is 1. The lowest BCUT2D eigenvalue weighted by Crippen LogP contribution is -2.41. The Labute approximate surface area is 163 Å². The third kappa shape index (κ3) is 14.7. The van der Waals surface area contributed by atoms with Gasteiger partial charge in [-0.2, -0.15) is 0 Å². The smallest absolute Gasteiger partial charge is 0.330 e. The molecule has 0 aromatic heterocycles. The standard InChI is InChI=1S/C21H35NO5/c1-6-8-9-10-11-12-13-14-15-17(26-18(23)7-2)20(25)22-16-19(24)27-21(3,4)5/h6-7,17H,1-2,8-16H2,3-5H3,(H,22,25). The SMILES string of the molecule is C=CCCCCCCCCC(OC(=O)C=C)C(=O)NCC(=O)OC(C)(C)C. The van der Waals surface area contributed by atoms with Gasteiger partial charge in [-0.05, 0) is 46.5 Å². The summed E-state index contributed by atoms with van der Waals surface area (Å²) in [5.74, 6) is -1.69. The van der Waals surface area contributed by atoms with E-state index in [9.17, 15) is 14.4 Å². The highest BCUT2D eigenvalue weighted by Crippen LogP contribution is 2.12. The summed E-state index contributed by atoms with van der Waals surface area (Å²) in [5, 5.41) is 2.48. The lowest BCUT2D eigenvalue weighted by atomic mass is 10.1. The molecule has 6 nitrogen and oxygen atoms in total. The average Bonchev–Trinajstić information content (AvgIpc) is 2.59. The van der Waals surface area contributed by atoms with Crippen LogP contribution in [0.15, 0.2) is 25.3 Å². The fourth-order valence-electron chi connectivity index (χ4n) is 2.41. The van der Waals surface area contributed by atoms with Crippen molar-refractivity contribution in [3.05, 3.63) is 25.3 Å². The lowest BCUT2D eigenvalue weighted by molar-refractivity contribution is -0.156. The first-order chi connectivity index (χ1) is 12.7. The second-order valence-corrected chi connectivity index (χ2v) is 7.42. The number of hydrogen-bond donors (Lipinski definition) is 1. The van der Waals surface area contributed by atoms with E-state index in [1.165, 1.54) is 0 Å². The maximum atomic E-state index is 12.3. The summed E-state index contributed by atoms with van der Waals surface area (Å²) in [6.45, 7) is 12.0. The number of hydrogen-bond acceptors (Lipinski definition) is 5. The molecule has 1 N–H and O–H groups in total. The molecule has 1 atom stereocenters. The molecule has 154 valence electrons. The fourth-order valence-corrected chi connectivity index (χ4v) is 2.41. The zero-order valence-corrected chi connectivity index (χ0v) is 17.1. The third-order valence-corrected chi connectivity index (χ3v) is 3.67. The summed E-state index contributed by atoms with van der Waals surface area (Å²) in [6.07, 6.45) is 9.69. The summed E-state index contributed by atoms with van der Waals surface area (Å²) in [7, 11) is 0. The van der Waals surface area contributed by atoms with Crippen LogP contribution < -0.4 is 5.32 Å². The minimum atomic E-state index is -0.932. The summed E-state index contributed by atoms with van der Waals surface area (Å²) in [4.78, 5) is 35.4. The van der Waals surface area contributed by atoms with Crippen molar-refractivity contribution in [1.29, 1.82) is 0 Å². The average molecular weight is 382 g/mol.